The van der Waals surface area contributed by atoms with Gasteiger partial charge in [0, 0.05) is 18.6 Å². The predicted octanol–water partition coefficient (Wildman–Crippen LogP) is 1.38. The monoisotopic (exact) mass is 250 g/mol. The van der Waals surface area contributed by atoms with Gasteiger partial charge >= 0.3 is 0 Å². The van der Waals surface area contributed by atoms with E-state index in [0.717, 1.165) is 0 Å². The van der Waals surface area contributed by atoms with Gasteiger partial charge in [-0.25, -0.2) is 0 Å². The number of aromatic hydroxyl groups is 1. The number of methoxy groups -OCH3 is 1. The van der Waals surface area contributed by atoms with Crippen LogP contribution in [0.2, 0.25) is 0 Å². The lowest BCUT2D eigenvalue weighted by Gasteiger charge is -2.03. The van der Waals surface area contributed by atoms with Gasteiger partial charge < -0.3 is 19.5 Å². The minimum absolute atomic E-state index is 0.0604. The molecule has 0 amide bonds. The van der Waals surface area contributed by atoms with Gasteiger partial charge in [0.15, 0.2) is 11.5 Å². The summed E-state index contributed by atoms with van der Waals surface area (Å²) in [5.74, 6) is 1.33. The van der Waals surface area contributed by atoms with Crippen LogP contribution in [0.15, 0.2) is 22.7 Å². The number of rotatable bonds is 5. The van der Waals surface area contributed by atoms with Crippen LogP contribution in [-0.2, 0) is 6.42 Å². The Kier molecular flexibility index (Phi) is 3.78. The number of hydrogen-bond donors (Lipinski definition) is 2. The molecule has 0 fully saturated rings. The summed E-state index contributed by atoms with van der Waals surface area (Å²) < 4.78 is 10.1. The van der Waals surface area contributed by atoms with Gasteiger partial charge in [-0.15, -0.1) is 0 Å². The zero-order chi connectivity index (χ0) is 13.0. The number of aromatic nitrogens is 2. The molecule has 0 saturated carbocycles. The van der Waals surface area contributed by atoms with E-state index in [4.69, 9.17) is 14.4 Å². The minimum atomic E-state index is 0.0604. The van der Waals surface area contributed by atoms with Crippen molar-refractivity contribution in [3.63, 3.8) is 0 Å². The summed E-state index contributed by atoms with van der Waals surface area (Å²) in [4.78, 5) is 4.20. The van der Waals surface area contributed by atoms with Crippen LogP contribution in [0.25, 0.3) is 11.4 Å². The Labute approximate surface area is 104 Å². The highest BCUT2D eigenvalue weighted by Gasteiger charge is 2.11. The SMILES string of the molecule is COc1cc(-c2noc(CCCO)n2)ccc1O. The number of aliphatic hydroxyl groups is 1. The number of nitrogens with zero attached hydrogens (tertiary/aromatic N) is 2. The zero-order valence-electron chi connectivity index (χ0n) is 9.96. The van der Waals surface area contributed by atoms with E-state index in [1.165, 1.54) is 13.2 Å². The first-order chi connectivity index (χ1) is 8.74. The number of aliphatic hydroxyl groups excluding tert-OH is 1. The number of aryl methyl sites for hydroxylation is 1. The normalized spacial score (nSPS) is 10.6. The van der Waals surface area contributed by atoms with E-state index in [1.54, 1.807) is 12.1 Å². The molecule has 6 heteroatoms. The van der Waals surface area contributed by atoms with E-state index in [0.29, 0.717) is 35.9 Å². The molecule has 2 N–H and O–H groups in total. The lowest BCUT2D eigenvalue weighted by Crippen LogP contribution is -1.90. The Morgan fingerprint density at radius 2 is 2.22 bits per heavy atom. The minimum Gasteiger partial charge on any atom is -0.504 e. The molecule has 1 aromatic heterocycles. The Morgan fingerprint density at radius 1 is 1.39 bits per heavy atom. The average molecular weight is 250 g/mol. The summed E-state index contributed by atoms with van der Waals surface area (Å²) in [5, 5.41) is 22.0. The van der Waals surface area contributed by atoms with Crippen molar-refractivity contribution >= 4 is 0 Å². The number of ether oxygens (including phenoxy) is 1. The van der Waals surface area contributed by atoms with E-state index in [2.05, 4.69) is 10.1 Å². The summed E-state index contributed by atoms with van der Waals surface area (Å²) in [5.41, 5.74) is 0.698. The maximum atomic E-state index is 9.49. The fraction of sp³-hybridized carbons (Fsp3) is 0.333. The molecule has 0 unspecified atom stereocenters. The van der Waals surface area contributed by atoms with E-state index < -0.39 is 0 Å². The zero-order valence-corrected chi connectivity index (χ0v) is 9.96. The first-order valence-corrected chi connectivity index (χ1v) is 5.55. The molecule has 18 heavy (non-hydrogen) atoms. The van der Waals surface area contributed by atoms with Crippen LogP contribution in [0.5, 0.6) is 11.5 Å². The second kappa shape index (κ2) is 5.50. The lowest BCUT2D eigenvalue weighted by atomic mass is 10.2. The Balaban J connectivity index is 2.23. The topological polar surface area (TPSA) is 88.6 Å². The first-order valence-electron chi connectivity index (χ1n) is 5.55. The Hall–Kier alpha value is -2.08. The maximum absolute atomic E-state index is 9.49. The molecule has 0 aliphatic carbocycles. The molecule has 2 aromatic rings. The summed E-state index contributed by atoms with van der Waals surface area (Å²) in [7, 11) is 1.47. The van der Waals surface area contributed by atoms with Gasteiger partial charge in [-0.2, -0.15) is 4.98 Å². The van der Waals surface area contributed by atoms with Gasteiger partial charge in [-0.3, -0.25) is 0 Å². The molecule has 1 aromatic carbocycles. The van der Waals surface area contributed by atoms with Crippen molar-refractivity contribution in [1.29, 1.82) is 0 Å². The fourth-order valence-corrected chi connectivity index (χ4v) is 1.52. The van der Waals surface area contributed by atoms with Crippen molar-refractivity contribution in [3.8, 4) is 22.9 Å². The third kappa shape index (κ3) is 2.60. The van der Waals surface area contributed by atoms with Gasteiger partial charge in [-0.1, -0.05) is 5.16 Å². The van der Waals surface area contributed by atoms with Gasteiger partial charge in [0.05, 0.1) is 7.11 Å². The van der Waals surface area contributed by atoms with Gasteiger partial charge in [0.1, 0.15) is 0 Å². The molecule has 0 aliphatic rings. The molecule has 0 bridgehead atoms. The number of hydrogen-bond acceptors (Lipinski definition) is 6. The largest absolute Gasteiger partial charge is 0.504 e. The van der Waals surface area contributed by atoms with Crippen LogP contribution in [0.1, 0.15) is 12.3 Å². The highest BCUT2D eigenvalue weighted by atomic mass is 16.5. The number of phenols is 1. The quantitative estimate of drug-likeness (QED) is 0.833. The molecule has 96 valence electrons. The summed E-state index contributed by atoms with van der Waals surface area (Å²) in [6, 6.07) is 4.83. The fourth-order valence-electron chi connectivity index (χ4n) is 1.52. The predicted molar refractivity (Wildman–Crippen MR) is 63.4 cm³/mol. The third-order valence-electron chi connectivity index (χ3n) is 2.45. The van der Waals surface area contributed by atoms with E-state index in [-0.39, 0.29) is 12.4 Å². The van der Waals surface area contributed by atoms with E-state index in [9.17, 15) is 5.11 Å². The van der Waals surface area contributed by atoms with E-state index in [1.807, 2.05) is 0 Å². The molecule has 0 atom stereocenters. The second-order valence-electron chi connectivity index (χ2n) is 3.73. The van der Waals surface area contributed by atoms with Gasteiger partial charge in [-0.05, 0) is 24.6 Å². The first kappa shape index (κ1) is 12.4. The highest BCUT2D eigenvalue weighted by molar-refractivity contribution is 5.60. The van der Waals surface area contributed by atoms with Crippen LogP contribution in [0.3, 0.4) is 0 Å². The molecule has 1 heterocycles. The smallest absolute Gasteiger partial charge is 0.227 e. The molecule has 0 saturated heterocycles. The molecule has 2 rings (SSSR count). The summed E-state index contributed by atoms with van der Waals surface area (Å²) in [6.45, 7) is 0.0880. The highest BCUT2D eigenvalue weighted by Crippen LogP contribution is 2.30. The Morgan fingerprint density at radius 3 is 2.94 bits per heavy atom. The van der Waals surface area contributed by atoms with Gasteiger partial charge in [0.25, 0.3) is 0 Å². The standard InChI is InChI=1S/C12H14N2O4/c1-17-10-7-8(4-5-9(10)16)12-13-11(18-14-12)3-2-6-15/h4-5,7,15-16H,2-3,6H2,1H3. The van der Waals surface area contributed by atoms with Crippen molar-refractivity contribution in [1.82, 2.24) is 10.1 Å². The summed E-state index contributed by atoms with van der Waals surface area (Å²) >= 11 is 0. The van der Waals surface area contributed by atoms with Crippen LogP contribution >= 0.6 is 0 Å². The number of benzene rings is 1. The van der Waals surface area contributed by atoms with Crippen LogP contribution in [-0.4, -0.2) is 34.1 Å². The third-order valence-corrected chi connectivity index (χ3v) is 2.45. The van der Waals surface area contributed by atoms with Crippen LogP contribution in [0, 0.1) is 0 Å². The Bertz CT molecular complexity index is 525. The van der Waals surface area contributed by atoms with Crippen molar-refractivity contribution < 1.29 is 19.5 Å². The molecular formula is C12H14N2O4. The van der Waals surface area contributed by atoms with Crippen molar-refractivity contribution in [2.75, 3.05) is 13.7 Å². The maximum Gasteiger partial charge on any atom is 0.227 e. The second-order valence-corrected chi connectivity index (χ2v) is 3.73. The lowest BCUT2D eigenvalue weighted by molar-refractivity contribution is 0.278. The van der Waals surface area contributed by atoms with Crippen LogP contribution in [0.4, 0.5) is 0 Å². The molecular weight excluding hydrogens is 236 g/mol. The summed E-state index contributed by atoms with van der Waals surface area (Å²) in [6.07, 6.45) is 1.12. The molecule has 0 radical (unpaired) electrons. The number of phenolic OH excluding ortho intramolecular Hbond substituents is 1. The average Bonchev–Trinajstić information content (AvgIpc) is 2.85. The van der Waals surface area contributed by atoms with Gasteiger partial charge in [0.2, 0.25) is 11.7 Å². The van der Waals surface area contributed by atoms with Crippen molar-refractivity contribution in [2.45, 2.75) is 12.8 Å². The van der Waals surface area contributed by atoms with Crippen LogP contribution < -0.4 is 4.74 Å². The van der Waals surface area contributed by atoms with Crippen molar-refractivity contribution in [3.05, 3.63) is 24.1 Å². The van der Waals surface area contributed by atoms with E-state index >= 15 is 0 Å². The molecule has 0 spiro atoms. The molecule has 0 aliphatic heterocycles. The van der Waals surface area contributed by atoms with Crippen molar-refractivity contribution in [2.24, 2.45) is 0 Å². The molecule has 6 nitrogen and oxygen atoms in total.